The zero-order chi connectivity index (χ0) is 16.5. The van der Waals surface area contributed by atoms with Crippen LogP contribution in [0.2, 0.25) is 0 Å². The molecule has 0 atom stereocenters. The Morgan fingerprint density at radius 3 is 2.33 bits per heavy atom. The van der Waals surface area contributed by atoms with E-state index < -0.39 is 0 Å². The second-order valence-corrected chi connectivity index (χ2v) is 6.18. The van der Waals surface area contributed by atoms with Crippen molar-refractivity contribution in [2.75, 3.05) is 13.1 Å². The average molecular weight is 317 g/mol. The van der Waals surface area contributed by atoms with E-state index >= 15 is 0 Å². The number of benzene rings is 2. The normalized spacial score (nSPS) is 13.6. The van der Waals surface area contributed by atoms with Gasteiger partial charge in [0.1, 0.15) is 5.69 Å². The van der Waals surface area contributed by atoms with Crippen LogP contribution >= 0.6 is 0 Å². The molecule has 2 heterocycles. The first-order valence-corrected chi connectivity index (χ1v) is 8.24. The summed E-state index contributed by atoms with van der Waals surface area (Å²) in [5.41, 5.74) is 4.54. The lowest BCUT2D eigenvalue weighted by atomic mass is 10.1. The molecule has 0 spiro atoms. The van der Waals surface area contributed by atoms with Crippen LogP contribution in [-0.4, -0.2) is 33.7 Å². The Labute approximate surface area is 141 Å². The van der Waals surface area contributed by atoms with Gasteiger partial charge in [-0.1, -0.05) is 48.0 Å². The van der Waals surface area contributed by atoms with Gasteiger partial charge in [-0.05, 0) is 25.5 Å². The topological polar surface area (TPSA) is 38.1 Å². The molecule has 2 aromatic carbocycles. The highest BCUT2D eigenvalue weighted by atomic mass is 16.2. The van der Waals surface area contributed by atoms with Crippen molar-refractivity contribution in [2.45, 2.75) is 13.3 Å². The van der Waals surface area contributed by atoms with Crippen molar-refractivity contribution in [3.63, 3.8) is 0 Å². The largest absolute Gasteiger partial charge is 0.338 e. The minimum absolute atomic E-state index is 0.0680. The van der Waals surface area contributed by atoms with E-state index in [0.29, 0.717) is 5.56 Å². The van der Waals surface area contributed by atoms with Gasteiger partial charge in [0, 0.05) is 24.8 Å². The fraction of sp³-hybridized carbons (Fsp3) is 0.200. The van der Waals surface area contributed by atoms with E-state index in [2.05, 4.69) is 19.1 Å². The molecule has 0 aliphatic carbocycles. The Balaban J connectivity index is 1.81. The molecule has 1 aliphatic heterocycles. The van der Waals surface area contributed by atoms with Crippen molar-refractivity contribution in [1.29, 1.82) is 0 Å². The molecule has 3 aromatic rings. The number of hydrogen-bond donors (Lipinski definition) is 0. The molecular weight excluding hydrogens is 298 g/mol. The number of likely N-dealkylation sites (tertiary alicyclic amines) is 1. The third kappa shape index (κ3) is 2.60. The summed E-state index contributed by atoms with van der Waals surface area (Å²) in [6, 6.07) is 18.0. The zero-order valence-electron chi connectivity index (χ0n) is 13.6. The van der Waals surface area contributed by atoms with Crippen LogP contribution in [0.15, 0.2) is 60.8 Å². The molecule has 24 heavy (non-hydrogen) atoms. The average Bonchev–Trinajstić information content (AvgIpc) is 3.00. The Kier molecular flexibility index (Phi) is 3.65. The molecule has 0 unspecified atom stereocenters. The summed E-state index contributed by atoms with van der Waals surface area (Å²) >= 11 is 0. The lowest BCUT2D eigenvalue weighted by molar-refractivity contribution is 0.0652. The van der Waals surface area contributed by atoms with Crippen molar-refractivity contribution in [1.82, 2.24) is 14.7 Å². The van der Waals surface area contributed by atoms with Crippen molar-refractivity contribution < 1.29 is 4.79 Å². The Hall–Kier alpha value is -2.88. The first kappa shape index (κ1) is 14.7. The van der Waals surface area contributed by atoms with Gasteiger partial charge in [-0.25, -0.2) is 4.68 Å². The number of nitrogens with zero attached hydrogens (tertiary/aromatic N) is 3. The lowest BCUT2D eigenvalue weighted by Crippen LogP contribution is -2.42. The minimum Gasteiger partial charge on any atom is -0.338 e. The number of rotatable bonds is 3. The van der Waals surface area contributed by atoms with Crippen LogP contribution in [0.4, 0.5) is 0 Å². The van der Waals surface area contributed by atoms with Gasteiger partial charge in [-0.2, -0.15) is 5.10 Å². The maximum Gasteiger partial charge on any atom is 0.257 e. The number of carbonyl (C=O) groups is 1. The molecule has 1 aromatic heterocycles. The summed E-state index contributed by atoms with van der Waals surface area (Å²) in [5, 5.41) is 4.71. The van der Waals surface area contributed by atoms with Gasteiger partial charge in [-0.3, -0.25) is 4.79 Å². The first-order valence-electron chi connectivity index (χ1n) is 8.24. The van der Waals surface area contributed by atoms with E-state index in [1.165, 1.54) is 5.56 Å². The Bertz CT molecular complexity index is 862. The summed E-state index contributed by atoms with van der Waals surface area (Å²) in [4.78, 5) is 14.7. The second-order valence-electron chi connectivity index (χ2n) is 6.18. The summed E-state index contributed by atoms with van der Waals surface area (Å²) in [6.45, 7) is 3.73. The third-order valence-corrected chi connectivity index (χ3v) is 4.43. The maximum absolute atomic E-state index is 12.8. The Morgan fingerprint density at radius 1 is 1.00 bits per heavy atom. The molecule has 4 heteroatoms. The van der Waals surface area contributed by atoms with E-state index in [9.17, 15) is 4.79 Å². The van der Waals surface area contributed by atoms with E-state index in [1.54, 1.807) is 4.68 Å². The Morgan fingerprint density at radius 2 is 1.71 bits per heavy atom. The monoisotopic (exact) mass is 317 g/mol. The van der Waals surface area contributed by atoms with Crippen molar-refractivity contribution in [3.05, 3.63) is 71.9 Å². The van der Waals surface area contributed by atoms with E-state index in [0.717, 1.165) is 36.5 Å². The van der Waals surface area contributed by atoms with Gasteiger partial charge >= 0.3 is 0 Å². The molecule has 0 bridgehead atoms. The molecule has 1 aliphatic rings. The van der Waals surface area contributed by atoms with Gasteiger partial charge in [0.15, 0.2) is 0 Å². The number of amides is 1. The van der Waals surface area contributed by atoms with Crippen molar-refractivity contribution in [2.24, 2.45) is 0 Å². The highest BCUT2D eigenvalue weighted by molar-refractivity contribution is 6.00. The first-order chi connectivity index (χ1) is 11.7. The number of aryl methyl sites for hydroxylation is 1. The molecule has 1 saturated heterocycles. The smallest absolute Gasteiger partial charge is 0.257 e. The van der Waals surface area contributed by atoms with Gasteiger partial charge in [0.25, 0.3) is 5.91 Å². The number of carbonyl (C=O) groups excluding carboxylic acids is 1. The predicted octanol–water partition coefficient (Wildman–Crippen LogP) is 3.69. The molecule has 0 radical (unpaired) electrons. The number of aromatic nitrogens is 2. The van der Waals surface area contributed by atoms with Crippen LogP contribution in [0, 0.1) is 6.92 Å². The third-order valence-electron chi connectivity index (χ3n) is 4.43. The summed E-state index contributed by atoms with van der Waals surface area (Å²) in [5.74, 6) is 0.0680. The van der Waals surface area contributed by atoms with Crippen LogP contribution in [0.3, 0.4) is 0 Å². The molecule has 120 valence electrons. The molecular formula is C20H19N3O. The van der Waals surface area contributed by atoms with E-state index in [-0.39, 0.29) is 5.91 Å². The second kappa shape index (κ2) is 5.96. The maximum atomic E-state index is 12.8. The molecule has 0 N–H and O–H groups in total. The van der Waals surface area contributed by atoms with Gasteiger partial charge < -0.3 is 4.90 Å². The fourth-order valence-electron chi connectivity index (χ4n) is 2.86. The summed E-state index contributed by atoms with van der Waals surface area (Å²) in [7, 11) is 0. The van der Waals surface area contributed by atoms with E-state index in [1.807, 2.05) is 53.6 Å². The molecule has 1 fully saturated rings. The molecule has 4 nitrogen and oxygen atoms in total. The molecule has 1 amide bonds. The quantitative estimate of drug-likeness (QED) is 0.739. The van der Waals surface area contributed by atoms with Crippen molar-refractivity contribution in [3.8, 4) is 16.9 Å². The molecule has 0 saturated carbocycles. The van der Waals surface area contributed by atoms with Crippen LogP contribution in [0.25, 0.3) is 16.9 Å². The van der Waals surface area contributed by atoms with Gasteiger partial charge in [0.05, 0.1) is 11.3 Å². The fourth-order valence-corrected chi connectivity index (χ4v) is 2.86. The van der Waals surface area contributed by atoms with Crippen LogP contribution in [0.1, 0.15) is 22.3 Å². The summed E-state index contributed by atoms with van der Waals surface area (Å²) < 4.78 is 1.80. The zero-order valence-corrected chi connectivity index (χ0v) is 13.6. The van der Waals surface area contributed by atoms with Crippen molar-refractivity contribution >= 4 is 5.91 Å². The standard InChI is InChI=1S/C20H19N3O/c1-15-8-10-17(11-9-15)23-14-18(20(24)22-12-5-13-22)19(21-23)16-6-3-2-4-7-16/h2-4,6-11,14H,5,12-13H2,1H3. The van der Waals surface area contributed by atoms with Crippen LogP contribution in [-0.2, 0) is 0 Å². The van der Waals surface area contributed by atoms with Crippen LogP contribution in [0.5, 0.6) is 0 Å². The highest BCUT2D eigenvalue weighted by Crippen LogP contribution is 2.26. The molecule has 4 rings (SSSR count). The lowest BCUT2D eigenvalue weighted by Gasteiger charge is -2.30. The minimum atomic E-state index is 0.0680. The summed E-state index contributed by atoms with van der Waals surface area (Å²) in [6.07, 6.45) is 2.94. The SMILES string of the molecule is Cc1ccc(-n2cc(C(=O)N3CCC3)c(-c3ccccc3)n2)cc1. The highest BCUT2D eigenvalue weighted by Gasteiger charge is 2.26. The predicted molar refractivity (Wildman–Crippen MR) is 94.3 cm³/mol. The number of hydrogen-bond acceptors (Lipinski definition) is 2. The van der Waals surface area contributed by atoms with E-state index in [4.69, 9.17) is 5.10 Å². The van der Waals surface area contributed by atoms with Gasteiger partial charge in [0.2, 0.25) is 0 Å². The van der Waals surface area contributed by atoms with Gasteiger partial charge in [-0.15, -0.1) is 0 Å². The van der Waals surface area contributed by atoms with Crippen LogP contribution < -0.4 is 0 Å².